The molecule has 0 atom stereocenters. The van der Waals surface area contributed by atoms with Crippen molar-refractivity contribution in [1.29, 1.82) is 0 Å². The molecule has 0 radical (unpaired) electrons. The van der Waals surface area contributed by atoms with Crippen molar-refractivity contribution in [2.75, 3.05) is 11.5 Å². The SMILES string of the molecule is O=S(=O)(Nc1cc2c(cc1Cl)OCO2)c1ccc(Cl)cc1F. The molecule has 0 aliphatic carbocycles. The summed E-state index contributed by atoms with van der Waals surface area (Å²) in [5.74, 6) is -0.207. The molecule has 0 fully saturated rings. The van der Waals surface area contributed by atoms with Gasteiger partial charge >= 0.3 is 0 Å². The summed E-state index contributed by atoms with van der Waals surface area (Å²) >= 11 is 11.6. The zero-order valence-electron chi connectivity index (χ0n) is 10.8. The molecule has 2 aromatic carbocycles. The Balaban J connectivity index is 1.98. The van der Waals surface area contributed by atoms with E-state index in [2.05, 4.69) is 4.72 Å². The smallest absolute Gasteiger partial charge is 0.264 e. The fourth-order valence-corrected chi connectivity index (χ4v) is 3.44. The van der Waals surface area contributed by atoms with Gasteiger partial charge in [-0.2, -0.15) is 0 Å². The average molecular weight is 364 g/mol. The predicted octanol–water partition coefficient (Wildman–Crippen LogP) is 3.66. The van der Waals surface area contributed by atoms with Gasteiger partial charge in [-0.05, 0) is 18.2 Å². The third-order valence-electron chi connectivity index (χ3n) is 2.89. The van der Waals surface area contributed by atoms with Crippen molar-refractivity contribution in [1.82, 2.24) is 0 Å². The van der Waals surface area contributed by atoms with Gasteiger partial charge in [0.15, 0.2) is 11.5 Å². The molecule has 0 saturated heterocycles. The predicted molar refractivity (Wildman–Crippen MR) is 79.8 cm³/mol. The summed E-state index contributed by atoms with van der Waals surface area (Å²) in [6, 6.07) is 6.05. The summed E-state index contributed by atoms with van der Waals surface area (Å²) in [5, 5.41) is 0.194. The van der Waals surface area contributed by atoms with E-state index >= 15 is 0 Å². The normalized spacial score (nSPS) is 13.2. The molecule has 22 heavy (non-hydrogen) atoms. The minimum absolute atomic E-state index is 0.0215. The van der Waals surface area contributed by atoms with Gasteiger partial charge < -0.3 is 9.47 Å². The molecule has 2 aromatic rings. The first kappa shape index (κ1) is 15.2. The highest BCUT2D eigenvalue weighted by Crippen LogP contribution is 2.40. The summed E-state index contributed by atoms with van der Waals surface area (Å²) in [7, 11) is -4.17. The van der Waals surface area contributed by atoms with E-state index in [1.807, 2.05) is 0 Å². The van der Waals surface area contributed by atoms with E-state index in [0.717, 1.165) is 12.1 Å². The molecule has 1 aliphatic heterocycles. The second-order valence-electron chi connectivity index (χ2n) is 4.37. The fraction of sp³-hybridized carbons (Fsp3) is 0.0769. The van der Waals surface area contributed by atoms with Crippen LogP contribution in [-0.4, -0.2) is 15.2 Å². The van der Waals surface area contributed by atoms with Crippen molar-refractivity contribution in [3.05, 3.63) is 46.2 Å². The van der Waals surface area contributed by atoms with Crippen molar-refractivity contribution in [3.63, 3.8) is 0 Å². The van der Waals surface area contributed by atoms with Crippen molar-refractivity contribution < 1.29 is 22.3 Å². The van der Waals surface area contributed by atoms with E-state index in [1.165, 1.54) is 18.2 Å². The lowest BCUT2D eigenvalue weighted by Gasteiger charge is -2.11. The Bertz CT molecular complexity index is 857. The van der Waals surface area contributed by atoms with E-state index in [1.54, 1.807) is 0 Å². The van der Waals surface area contributed by atoms with Crippen LogP contribution in [0.1, 0.15) is 0 Å². The van der Waals surface area contributed by atoms with E-state index in [-0.39, 0.29) is 22.5 Å². The summed E-state index contributed by atoms with van der Waals surface area (Å²) in [4.78, 5) is -0.536. The number of nitrogens with one attached hydrogen (secondary N) is 1. The van der Waals surface area contributed by atoms with Gasteiger partial charge in [0.25, 0.3) is 10.0 Å². The molecule has 0 bridgehead atoms. The third kappa shape index (κ3) is 2.79. The molecule has 116 valence electrons. The summed E-state index contributed by atoms with van der Waals surface area (Å²) in [6.45, 7) is 0.0215. The quantitative estimate of drug-likeness (QED) is 0.903. The van der Waals surface area contributed by atoms with Gasteiger partial charge in [0, 0.05) is 17.2 Å². The van der Waals surface area contributed by atoms with Gasteiger partial charge in [-0.25, -0.2) is 12.8 Å². The number of benzene rings is 2. The van der Waals surface area contributed by atoms with Crippen molar-refractivity contribution in [3.8, 4) is 11.5 Å². The van der Waals surface area contributed by atoms with Gasteiger partial charge in [0.05, 0.1) is 10.7 Å². The molecule has 5 nitrogen and oxygen atoms in total. The Labute approximate surface area is 135 Å². The van der Waals surface area contributed by atoms with Gasteiger partial charge in [-0.1, -0.05) is 23.2 Å². The first-order valence-electron chi connectivity index (χ1n) is 5.94. The zero-order chi connectivity index (χ0) is 15.9. The van der Waals surface area contributed by atoms with Crippen LogP contribution in [0.2, 0.25) is 10.0 Å². The van der Waals surface area contributed by atoms with E-state index in [4.69, 9.17) is 32.7 Å². The number of rotatable bonds is 3. The maximum Gasteiger partial charge on any atom is 0.264 e. The lowest BCUT2D eigenvalue weighted by atomic mass is 10.3. The number of halogens is 3. The first-order chi connectivity index (χ1) is 10.4. The van der Waals surface area contributed by atoms with Gasteiger partial charge in [-0.3, -0.25) is 4.72 Å². The van der Waals surface area contributed by atoms with Crippen LogP contribution in [-0.2, 0) is 10.0 Å². The molecular formula is C13H8Cl2FNO4S. The van der Waals surface area contributed by atoms with E-state index in [9.17, 15) is 12.8 Å². The molecule has 1 aliphatic rings. The highest BCUT2D eigenvalue weighted by atomic mass is 35.5. The Morgan fingerprint density at radius 2 is 1.77 bits per heavy atom. The van der Waals surface area contributed by atoms with Crippen LogP contribution in [0.3, 0.4) is 0 Å². The van der Waals surface area contributed by atoms with E-state index in [0.29, 0.717) is 11.5 Å². The van der Waals surface area contributed by atoms with Crippen molar-refractivity contribution in [2.45, 2.75) is 4.90 Å². The van der Waals surface area contributed by atoms with Crippen LogP contribution in [0, 0.1) is 5.82 Å². The van der Waals surface area contributed by atoms with Crippen LogP contribution < -0.4 is 14.2 Å². The van der Waals surface area contributed by atoms with Crippen LogP contribution in [0.25, 0.3) is 0 Å². The first-order valence-corrected chi connectivity index (χ1v) is 8.18. The zero-order valence-corrected chi connectivity index (χ0v) is 13.1. The number of sulfonamides is 1. The Morgan fingerprint density at radius 3 is 2.45 bits per heavy atom. The van der Waals surface area contributed by atoms with Crippen molar-refractivity contribution >= 4 is 38.9 Å². The van der Waals surface area contributed by atoms with Gasteiger partial charge in [0.2, 0.25) is 6.79 Å². The maximum absolute atomic E-state index is 13.8. The van der Waals surface area contributed by atoms with E-state index < -0.39 is 20.7 Å². The Kier molecular flexibility index (Phi) is 3.80. The largest absolute Gasteiger partial charge is 0.454 e. The van der Waals surface area contributed by atoms with Crippen LogP contribution in [0.15, 0.2) is 35.2 Å². The minimum atomic E-state index is -4.17. The molecule has 1 N–H and O–H groups in total. The standard InChI is InChI=1S/C13H8Cl2FNO4S/c14-7-1-2-13(9(16)3-7)22(18,19)17-10-5-12-11(4-8(10)15)20-6-21-12/h1-5,17H,6H2. The second kappa shape index (κ2) is 5.49. The molecule has 9 heteroatoms. The molecular weight excluding hydrogens is 356 g/mol. The highest BCUT2D eigenvalue weighted by molar-refractivity contribution is 7.92. The molecule has 0 unspecified atom stereocenters. The second-order valence-corrected chi connectivity index (χ2v) is 6.86. The number of hydrogen-bond acceptors (Lipinski definition) is 4. The monoisotopic (exact) mass is 363 g/mol. The number of hydrogen-bond donors (Lipinski definition) is 1. The Hall–Kier alpha value is -1.70. The van der Waals surface area contributed by atoms with Crippen LogP contribution >= 0.6 is 23.2 Å². The van der Waals surface area contributed by atoms with Gasteiger partial charge in [-0.15, -0.1) is 0 Å². The molecule has 3 rings (SSSR count). The molecule has 1 heterocycles. The minimum Gasteiger partial charge on any atom is -0.454 e. The average Bonchev–Trinajstić information content (AvgIpc) is 2.85. The lowest BCUT2D eigenvalue weighted by Crippen LogP contribution is -2.14. The maximum atomic E-state index is 13.8. The molecule has 0 amide bonds. The number of fused-ring (bicyclic) bond motifs is 1. The number of ether oxygens (including phenoxy) is 2. The van der Waals surface area contributed by atoms with Crippen molar-refractivity contribution in [2.24, 2.45) is 0 Å². The third-order valence-corrected chi connectivity index (χ3v) is 4.84. The molecule has 0 aromatic heterocycles. The van der Waals surface area contributed by atoms with Crippen LogP contribution in [0.4, 0.5) is 10.1 Å². The lowest BCUT2D eigenvalue weighted by molar-refractivity contribution is 0.174. The summed E-state index contributed by atoms with van der Waals surface area (Å²) in [6.07, 6.45) is 0. The molecule has 0 saturated carbocycles. The Morgan fingerprint density at radius 1 is 1.09 bits per heavy atom. The topological polar surface area (TPSA) is 64.6 Å². The highest BCUT2D eigenvalue weighted by Gasteiger charge is 2.23. The molecule has 0 spiro atoms. The number of anilines is 1. The summed E-state index contributed by atoms with van der Waals surface area (Å²) < 4.78 is 50.8. The fourth-order valence-electron chi connectivity index (χ4n) is 1.89. The van der Waals surface area contributed by atoms with Gasteiger partial charge in [0.1, 0.15) is 10.7 Å². The van der Waals surface area contributed by atoms with Crippen LogP contribution in [0.5, 0.6) is 11.5 Å². The summed E-state index contributed by atoms with van der Waals surface area (Å²) in [5.41, 5.74) is 0.0558.